The average molecular weight is 596 g/mol. The Morgan fingerprint density at radius 2 is 0.905 bits per heavy atom. The summed E-state index contributed by atoms with van der Waals surface area (Å²) in [4.78, 5) is 34.8. The monoisotopic (exact) mass is 595 g/mol. The summed E-state index contributed by atoms with van der Waals surface area (Å²) in [5.74, 6) is -5.26. The number of carbonyl (C=O) groups excluding carboxylic acids is 1. The minimum absolute atomic E-state index is 0.179. The number of quaternary nitrogens is 1. The molecule has 42 heavy (non-hydrogen) atoms. The molecule has 7 nitrogen and oxygen atoms in total. The average Bonchev–Trinajstić information content (AvgIpc) is 2.93. The first-order valence-corrected chi connectivity index (χ1v) is 17.2. The molecule has 0 bridgehead atoms. The molecule has 0 aliphatic rings. The Bertz CT molecular complexity index is 682. The van der Waals surface area contributed by atoms with Crippen LogP contribution >= 0.6 is 0 Å². The Morgan fingerprint density at radius 1 is 0.571 bits per heavy atom. The van der Waals surface area contributed by atoms with Crippen molar-refractivity contribution >= 4 is 17.9 Å². The van der Waals surface area contributed by atoms with Gasteiger partial charge < -0.3 is 24.6 Å². The van der Waals surface area contributed by atoms with E-state index >= 15 is 0 Å². The first-order chi connectivity index (χ1) is 20.0. The third-order valence-corrected chi connectivity index (χ3v) is 8.62. The number of hydrogen-bond acceptors (Lipinski definition) is 4. The summed E-state index contributed by atoms with van der Waals surface area (Å²) in [6.07, 6.45) is 28.5. The van der Waals surface area contributed by atoms with E-state index in [2.05, 4.69) is 19.1 Å². The second-order valence-corrected chi connectivity index (χ2v) is 13.0. The van der Waals surface area contributed by atoms with Crippen LogP contribution in [0.25, 0.3) is 0 Å². The van der Waals surface area contributed by atoms with E-state index in [1.54, 1.807) is 20.8 Å². The number of unbranched alkanes of at least 4 members (excludes halogenated alkanes) is 17. The minimum Gasteiger partial charge on any atom is -0.550 e. The fraction of sp³-hybridized carbons (Fsp3) is 0.857. The molecule has 0 amide bonds. The van der Waals surface area contributed by atoms with Crippen LogP contribution in [-0.4, -0.2) is 58.8 Å². The van der Waals surface area contributed by atoms with Crippen LogP contribution in [0.15, 0.2) is 12.2 Å². The van der Waals surface area contributed by atoms with E-state index in [1.807, 2.05) is 0 Å². The highest BCUT2D eigenvalue weighted by Gasteiger charge is 2.36. The standard InChI is InChI=1S/C35H65NO6/c1-5-6-7-8-9-10-11-12-13-14-15-16-17-18-19-20-21-22-23-24-25-26-36(27-30(2)33(37)38,28-31(3)34(39)40)29-32(4)35(41)42/h18-19,30-32H,5-17,20-29H2,1-4H3,(H2-,37,38,39,40,41,42)/b19-18+. The summed E-state index contributed by atoms with van der Waals surface area (Å²) >= 11 is 0. The maximum absolute atomic E-state index is 11.6. The molecule has 246 valence electrons. The van der Waals surface area contributed by atoms with Gasteiger partial charge in [0.15, 0.2) is 0 Å². The van der Waals surface area contributed by atoms with Crippen LogP contribution in [0.3, 0.4) is 0 Å². The summed E-state index contributed by atoms with van der Waals surface area (Å²) in [6, 6.07) is 0. The number of allylic oxidation sites excluding steroid dienone is 2. The lowest BCUT2D eigenvalue weighted by Crippen LogP contribution is -2.58. The molecule has 0 aliphatic carbocycles. The van der Waals surface area contributed by atoms with Crippen molar-refractivity contribution in [3.05, 3.63) is 12.2 Å². The fourth-order valence-corrected chi connectivity index (χ4v) is 6.05. The van der Waals surface area contributed by atoms with E-state index < -0.39 is 35.7 Å². The first-order valence-electron chi connectivity index (χ1n) is 17.2. The first kappa shape index (κ1) is 40.1. The largest absolute Gasteiger partial charge is 0.550 e. The molecule has 0 radical (unpaired) electrons. The fourth-order valence-electron chi connectivity index (χ4n) is 6.05. The number of rotatable bonds is 30. The summed E-state index contributed by atoms with van der Waals surface area (Å²) in [6.45, 7) is 8.23. The maximum atomic E-state index is 11.6. The molecule has 3 unspecified atom stereocenters. The molecule has 0 heterocycles. The second-order valence-electron chi connectivity index (χ2n) is 13.0. The molecule has 0 saturated heterocycles. The van der Waals surface area contributed by atoms with E-state index in [0.717, 1.165) is 38.5 Å². The van der Waals surface area contributed by atoms with Crippen LogP contribution in [-0.2, 0) is 14.4 Å². The topological polar surface area (TPSA) is 115 Å². The zero-order chi connectivity index (χ0) is 31.6. The molecule has 3 atom stereocenters. The summed E-state index contributed by atoms with van der Waals surface area (Å²) < 4.78 is 0.179. The van der Waals surface area contributed by atoms with Crippen LogP contribution < -0.4 is 5.11 Å². The number of nitrogens with zero attached hydrogens (tertiary/aromatic N) is 1. The molecule has 0 aromatic carbocycles. The molecule has 0 aromatic rings. The van der Waals surface area contributed by atoms with Gasteiger partial charge in [-0.25, -0.2) is 0 Å². The van der Waals surface area contributed by atoms with Gasteiger partial charge in [-0.05, 0) is 52.4 Å². The second kappa shape index (κ2) is 25.6. The van der Waals surface area contributed by atoms with Crippen molar-refractivity contribution in [3.63, 3.8) is 0 Å². The van der Waals surface area contributed by atoms with E-state index in [1.165, 1.54) is 83.5 Å². The van der Waals surface area contributed by atoms with Crippen LogP contribution in [0.4, 0.5) is 0 Å². The zero-order valence-corrected chi connectivity index (χ0v) is 27.6. The Balaban J connectivity index is 4.24. The van der Waals surface area contributed by atoms with Crippen LogP contribution in [0.2, 0.25) is 0 Å². The number of carboxylic acid groups (broad SMARTS) is 3. The Labute approximate surface area is 257 Å². The minimum atomic E-state index is -1.18. The van der Waals surface area contributed by atoms with Crippen molar-refractivity contribution < 1.29 is 34.2 Å². The molecule has 0 rings (SSSR count). The molecule has 0 saturated carbocycles. The van der Waals surface area contributed by atoms with Crippen LogP contribution in [0.5, 0.6) is 0 Å². The molecule has 0 aliphatic heterocycles. The van der Waals surface area contributed by atoms with Gasteiger partial charge in [0.1, 0.15) is 11.8 Å². The highest BCUT2D eigenvalue weighted by Crippen LogP contribution is 2.22. The van der Waals surface area contributed by atoms with Gasteiger partial charge in [0.25, 0.3) is 0 Å². The van der Waals surface area contributed by atoms with Crippen molar-refractivity contribution in [3.8, 4) is 0 Å². The molecule has 7 heteroatoms. The quantitative estimate of drug-likeness (QED) is 0.0501. The van der Waals surface area contributed by atoms with E-state index in [0.29, 0.717) is 6.54 Å². The number of hydrogen-bond donors (Lipinski definition) is 2. The van der Waals surface area contributed by atoms with E-state index in [9.17, 15) is 29.7 Å². The normalized spacial score (nSPS) is 15.3. The third-order valence-electron chi connectivity index (χ3n) is 8.62. The molecule has 0 spiro atoms. The van der Waals surface area contributed by atoms with Crippen molar-refractivity contribution in [1.29, 1.82) is 0 Å². The summed E-state index contributed by atoms with van der Waals surface area (Å²) in [5.41, 5.74) is 0. The molecular weight excluding hydrogens is 530 g/mol. The molecule has 0 fully saturated rings. The highest BCUT2D eigenvalue weighted by atomic mass is 16.4. The predicted molar refractivity (Wildman–Crippen MR) is 170 cm³/mol. The van der Waals surface area contributed by atoms with Crippen molar-refractivity contribution in [2.75, 3.05) is 26.2 Å². The zero-order valence-electron chi connectivity index (χ0n) is 27.6. The van der Waals surface area contributed by atoms with Crippen LogP contribution in [0.1, 0.15) is 150 Å². The Hall–Kier alpha value is -1.89. The van der Waals surface area contributed by atoms with Gasteiger partial charge in [0.2, 0.25) is 0 Å². The highest BCUT2D eigenvalue weighted by molar-refractivity contribution is 5.70. The molecule has 2 N–H and O–H groups in total. The SMILES string of the molecule is CCCCCCCCCCCCCC/C=C/CCCCCCC[N+](CC(C)C(=O)[O-])(CC(C)C(=O)O)CC(C)C(=O)O. The summed E-state index contributed by atoms with van der Waals surface area (Å²) in [7, 11) is 0. The third kappa shape index (κ3) is 21.8. The number of carboxylic acids is 3. The Kier molecular flexibility index (Phi) is 24.4. The van der Waals surface area contributed by atoms with Gasteiger partial charge in [0, 0.05) is 11.9 Å². The van der Waals surface area contributed by atoms with Gasteiger partial charge in [-0.3, -0.25) is 9.59 Å². The molecule has 0 aromatic heterocycles. The smallest absolute Gasteiger partial charge is 0.311 e. The van der Waals surface area contributed by atoms with E-state index in [-0.39, 0.29) is 24.1 Å². The Morgan fingerprint density at radius 3 is 1.26 bits per heavy atom. The van der Waals surface area contributed by atoms with Crippen LogP contribution in [0, 0.1) is 17.8 Å². The van der Waals surface area contributed by atoms with Gasteiger partial charge in [-0.1, -0.05) is 109 Å². The van der Waals surface area contributed by atoms with E-state index in [4.69, 9.17) is 0 Å². The summed E-state index contributed by atoms with van der Waals surface area (Å²) in [5, 5.41) is 30.6. The van der Waals surface area contributed by atoms with Crippen molar-refractivity contribution in [1.82, 2.24) is 0 Å². The lowest BCUT2D eigenvalue weighted by Gasteiger charge is -2.43. The predicted octanol–water partition coefficient (Wildman–Crippen LogP) is 7.62. The lowest BCUT2D eigenvalue weighted by atomic mass is 10.0. The van der Waals surface area contributed by atoms with Crippen molar-refractivity contribution in [2.45, 2.75) is 150 Å². The van der Waals surface area contributed by atoms with Gasteiger partial charge >= 0.3 is 11.9 Å². The van der Waals surface area contributed by atoms with Gasteiger partial charge in [0.05, 0.1) is 26.2 Å². The van der Waals surface area contributed by atoms with Gasteiger partial charge in [-0.15, -0.1) is 0 Å². The maximum Gasteiger partial charge on any atom is 0.311 e. The number of carbonyl (C=O) groups is 3. The van der Waals surface area contributed by atoms with Crippen molar-refractivity contribution in [2.24, 2.45) is 17.8 Å². The van der Waals surface area contributed by atoms with Gasteiger partial charge in [-0.2, -0.15) is 0 Å². The number of aliphatic carboxylic acids is 3. The molecular formula is C35H65NO6. The lowest BCUT2D eigenvalue weighted by molar-refractivity contribution is -0.934.